The molecule has 0 aliphatic heterocycles. The topological polar surface area (TPSA) is 115 Å². The standard InChI is InChI=1S/C19H15N3O5/c1-11-7-13(8-12(2)17(11)23)14-9-20-18(21-10-14)19(24)27-16-5-3-15(4-6-16)22(25)26/h3-10,23H,1-2H3. The predicted molar refractivity (Wildman–Crippen MR) is 96.7 cm³/mol. The normalized spacial score (nSPS) is 10.4. The van der Waals surface area contributed by atoms with Crippen LogP contribution in [0.5, 0.6) is 11.5 Å². The number of ether oxygens (including phenoxy) is 1. The van der Waals surface area contributed by atoms with E-state index in [9.17, 15) is 20.0 Å². The second-order valence-electron chi connectivity index (χ2n) is 5.89. The zero-order valence-corrected chi connectivity index (χ0v) is 14.5. The molecule has 1 aromatic heterocycles. The van der Waals surface area contributed by atoms with Crippen LogP contribution in [0.2, 0.25) is 0 Å². The van der Waals surface area contributed by atoms with Crippen molar-refractivity contribution in [3.05, 3.63) is 75.9 Å². The summed E-state index contributed by atoms with van der Waals surface area (Å²) in [6, 6.07) is 8.73. The van der Waals surface area contributed by atoms with Gasteiger partial charge in [0.1, 0.15) is 11.5 Å². The van der Waals surface area contributed by atoms with Gasteiger partial charge >= 0.3 is 5.97 Å². The molecule has 8 heteroatoms. The van der Waals surface area contributed by atoms with Crippen molar-refractivity contribution < 1.29 is 19.6 Å². The summed E-state index contributed by atoms with van der Waals surface area (Å²) in [6.45, 7) is 3.59. The zero-order chi connectivity index (χ0) is 19.6. The van der Waals surface area contributed by atoms with E-state index in [0.29, 0.717) is 5.56 Å². The molecule has 0 atom stereocenters. The van der Waals surface area contributed by atoms with Crippen LogP contribution in [0.3, 0.4) is 0 Å². The van der Waals surface area contributed by atoms with E-state index < -0.39 is 10.9 Å². The average Bonchev–Trinajstić information content (AvgIpc) is 2.66. The highest BCUT2D eigenvalue weighted by Gasteiger charge is 2.14. The summed E-state index contributed by atoms with van der Waals surface area (Å²) in [5.74, 6) is -0.510. The third-order valence-corrected chi connectivity index (χ3v) is 3.92. The summed E-state index contributed by atoms with van der Waals surface area (Å²) in [7, 11) is 0. The van der Waals surface area contributed by atoms with Crippen molar-refractivity contribution in [3.63, 3.8) is 0 Å². The number of carbonyl (C=O) groups excluding carboxylic acids is 1. The lowest BCUT2D eigenvalue weighted by atomic mass is 10.0. The minimum absolute atomic E-state index is 0.102. The summed E-state index contributed by atoms with van der Waals surface area (Å²) in [5.41, 5.74) is 2.86. The minimum atomic E-state index is -0.770. The number of phenols is 1. The second-order valence-corrected chi connectivity index (χ2v) is 5.89. The number of esters is 1. The van der Waals surface area contributed by atoms with Gasteiger partial charge in [0.25, 0.3) is 5.69 Å². The van der Waals surface area contributed by atoms with Gasteiger partial charge in [-0.05, 0) is 54.8 Å². The molecule has 1 heterocycles. The number of hydrogen-bond acceptors (Lipinski definition) is 7. The number of aromatic nitrogens is 2. The SMILES string of the molecule is Cc1cc(-c2cnc(C(=O)Oc3ccc([N+](=O)[O-])cc3)nc2)cc(C)c1O. The molecule has 0 unspecified atom stereocenters. The van der Waals surface area contributed by atoms with Crippen molar-refractivity contribution in [2.45, 2.75) is 13.8 Å². The fourth-order valence-corrected chi connectivity index (χ4v) is 2.49. The smallest absolute Gasteiger partial charge is 0.381 e. The lowest BCUT2D eigenvalue weighted by molar-refractivity contribution is -0.384. The van der Waals surface area contributed by atoms with E-state index in [1.807, 2.05) is 0 Å². The van der Waals surface area contributed by atoms with Crippen LogP contribution in [-0.2, 0) is 0 Å². The highest BCUT2D eigenvalue weighted by Crippen LogP contribution is 2.28. The monoisotopic (exact) mass is 365 g/mol. The molecule has 27 heavy (non-hydrogen) atoms. The quantitative estimate of drug-likeness (QED) is 0.325. The number of carbonyl (C=O) groups is 1. The van der Waals surface area contributed by atoms with Crippen LogP contribution in [-0.4, -0.2) is 26.0 Å². The predicted octanol–water partition coefficient (Wildman–Crippen LogP) is 3.59. The van der Waals surface area contributed by atoms with E-state index in [4.69, 9.17) is 4.74 Å². The number of rotatable bonds is 4. The molecular formula is C19H15N3O5. The summed E-state index contributed by atoms with van der Waals surface area (Å²) in [4.78, 5) is 30.3. The Morgan fingerprint density at radius 3 is 2.11 bits per heavy atom. The van der Waals surface area contributed by atoms with Gasteiger partial charge in [-0.1, -0.05) is 0 Å². The van der Waals surface area contributed by atoms with Crippen molar-refractivity contribution in [1.29, 1.82) is 0 Å². The van der Waals surface area contributed by atoms with Crippen LogP contribution in [0.25, 0.3) is 11.1 Å². The number of nitrogens with zero attached hydrogens (tertiary/aromatic N) is 3. The van der Waals surface area contributed by atoms with Gasteiger partial charge in [0.2, 0.25) is 5.82 Å². The van der Waals surface area contributed by atoms with Crippen molar-refractivity contribution in [3.8, 4) is 22.6 Å². The number of aromatic hydroxyl groups is 1. The molecule has 2 aromatic carbocycles. The molecule has 0 bridgehead atoms. The third-order valence-electron chi connectivity index (χ3n) is 3.92. The molecule has 3 rings (SSSR count). The molecule has 3 aromatic rings. The maximum Gasteiger partial charge on any atom is 0.381 e. The number of nitro benzene ring substituents is 1. The van der Waals surface area contributed by atoms with E-state index in [2.05, 4.69) is 9.97 Å². The highest BCUT2D eigenvalue weighted by molar-refractivity contribution is 5.87. The van der Waals surface area contributed by atoms with Gasteiger partial charge in [0, 0.05) is 30.1 Å². The van der Waals surface area contributed by atoms with E-state index >= 15 is 0 Å². The minimum Gasteiger partial charge on any atom is -0.507 e. The molecule has 0 fully saturated rings. The van der Waals surface area contributed by atoms with E-state index in [0.717, 1.165) is 16.7 Å². The van der Waals surface area contributed by atoms with Gasteiger partial charge in [0.05, 0.1) is 4.92 Å². The molecule has 1 N–H and O–H groups in total. The first-order chi connectivity index (χ1) is 12.8. The average molecular weight is 365 g/mol. The van der Waals surface area contributed by atoms with Gasteiger partial charge < -0.3 is 9.84 Å². The summed E-state index contributed by atoms with van der Waals surface area (Å²) in [6.07, 6.45) is 2.98. The van der Waals surface area contributed by atoms with Crippen LogP contribution < -0.4 is 4.74 Å². The molecule has 0 aliphatic carbocycles. The van der Waals surface area contributed by atoms with Gasteiger partial charge in [-0.2, -0.15) is 0 Å². The van der Waals surface area contributed by atoms with Crippen LogP contribution in [0.1, 0.15) is 21.7 Å². The Hall–Kier alpha value is -3.81. The van der Waals surface area contributed by atoms with E-state index in [1.54, 1.807) is 26.0 Å². The first-order valence-electron chi connectivity index (χ1n) is 7.94. The molecule has 0 spiro atoms. The number of aryl methyl sites for hydroxylation is 2. The first-order valence-corrected chi connectivity index (χ1v) is 7.94. The Labute approximate surface area is 154 Å². The van der Waals surface area contributed by atoms with Crippen LogP contribution in [0.15, 0.2) is 48.8 Å². The van der Waals surface area contributed by atoms with Crippen LogP contribution in [0.4, 0.5) is 5.69 Å². The lowest BCUT2D eigenvalue weighted by Gasteiger charge is -2.08. The molecular weight excluding hydrogens is 350 g/mol. The second kappa shape index (κ2) is 7.20. The molecule has 0 amide bonds. The molecule has 8 nitrogen and oxygen atoms in total. The van der Waals surface area contributed by atoms with E-state index in [-0.39, 0.29) is 23.0 Å². The highest BCUT2D eigenvalue weighted by atomic mass is 16.6. The maximum absolute atomic E-state index is 12.1. The number of hydrogen-bond donors (Lipinski definition) is 1. The molecule has 0 aliphatic rings. The lowest BCUT2D eigenvalue weighted by Crippen LogP contribution is -2.12. The van der Waals surface area contributed by atoms with Crippen LogP contribution >= 0.6 is 0 Å². The Balaban J connectivity index is 1.76. The van der Waals surface area contributed by atoms with Gasteiger partial charge in [-0.15, -0.1) is 0 Å². The largest absolute Gasteiger partial charge is 0.507 e. The fourth-order valence-electron chi connectivity index (χ4n) is 2.49. The molecule has 0 radical (unpaired) electrons. The molecule has 136 valence electrons. The van der Waals surface area contributed by atoms with Gasteiger partial charge in [0.15, 0.2) is 0 Å². The Morgan fingerprint density at radius 2 is 1.59 bits per heavy atom. The summed E-state index contributed by atoms with van der Waals surface area (Å²) in [5, 5.41) is 20.5. The van der Waals surface area contributed by atoms with Gasteiger partial charge in [-0.3, -0.25) is 10.1 Å². The number of phenolic OH excluding ortho intramolecular Hbond substituents is 1. The Kier molecular flexibility index (Phi) is 4.80. The Bertz CT molecular complexity index is 992. The van der Waals surface area contributed by atoms with Crippen LogP contribution in [0, 0.1) is 24.0 Å². The molecule has 0 saturated heterocycles. The number of non-ortho nitro benzene ring substituents is 1. The van der Waals surface area contributed by atoms with Crippen molar-refractivity contribution in [1.82, 2.24) is 9.97 Å². The number of nitro groups is 1. The third kappa shape index (κ3) is 3.90. The summed E-state index contributed by atoms with van der Waals surface area (Å²) >= 11 is 0. The summed E-state index contributed by atoms with van der Waals surface area (Å²) < 4.78 is 5.12. The first kappa shape index (κ1) is 18.0. The van der Waals surface area contributed by atoms with Crippen molar-refractivity contribution >= 4 is 11.7 Å². The van der Waals surface area contributed by atoms with Crippen molar-refractivity contribution in [2.24, 2.45) is 0 Å². The van der Waals surface area contributed by atoms with Crippen molar-refractivity contribution in [2.75, 3.05) is 0 Å². The number of benzene rings is 2. The fraction of sp³-hybridized carbons (Fsp3) is 0.105. The Morgan fingerprint density at radius 1 is 1.04 bits per heavy atom. The van der Waals surface area contributed by atoms with E-state index in [1.165, 1.54) is 36.7 Å². The zero-order valence-electron chi connectivity index (χ0n) is 14.5. The van der Waals surface area contributed by atoms with Gasteiger partial charge in [-0.25, -0.2) is 14.8 Å². The molecule has 0 saturated carbocycles. The maximum atomic E-state index is 12.1.